The van der Waals surface area contributed by atoms with E-state index in [9.17, 15) is 9.59 Å². The van der Waals surface area contributed by atoms with Gasteiger partial charge in [0.25, 0.3) is 5.91 Å². The third-order valence-corrected chi connectivity index (χ3v) is 7.62. The van der Waals surface area contributed by atoms with Crippen LogP contribution in [0.5, 0.6) is 5.75 Å². The first-order valence-electron chi connectivity index (χ1n) is 12.5. The first-order chi connectivity index (χ1) is 17.5. The summed E-state index contributed by atoms with van der Waals surface area (Å²) >= 11 is 1.43. The summed E-state index contributed by atoms with van der Waals surface area (Å²) in [5.74, 6) is 0.821. The fourth-order valence-corrected chi connectivity index (χ4v) is 5.49. The van der Waals surface area contributed by atoms with E-state index in [2.05, 4.69) is 48.3 Å². The van der Waals surface area contributed by atoms with Gasteiger partial charge in [-0.2, -0.15) is 0 Å². The molecule has 0 N–H and O–H groups in total. The van der Waals surface area contributed by atoms with E-state index in [1.807, 2.05) is 17.9 Å². The highest BCUT2D eigenvalue weighted by Crippen LogP contribution is 2.37. The largest absolute Gasteiger partial charge is 0.486 e. The highest BCUT2D eigenvalue weighted by atomic mass is 32.1. The number of ether oxygens (including phenoxy) is 2. The summed E-state index contributed by atoms with van der Waals surface area (Å²) in [4.78, 5) is 33.8. The first-order valence-corrected chi connectivity index (χ1v) is 13.3. The van der Waals surface area contributed by atoms with Gasteiger partial charge in [0, 0.05) is 31.4 Å². The van der Waals surface area contributed by atoms with Gasteiger partial charge in [0.1, 0.15) is 23.1 Å². The van der Waals surface area contributed by atoms with Crippen molar-refractivity contribution in [2.75, 3.05) is 32.8 Å². The van der Waals surface area contributed by atoms with Gasteiger partial charge in [-0.15, -0.1) is 11.3 Å². The molecule has 188 valence electrons. The van der Waals surface area contributed by atoms with Gasteiger partial charge in [-0.1, -0.05) is 42.8 Å². The maximum Gasteiger partial charge on any atom is 0.273 e. The number of nitrogens with zero attached hydrogens (tertiary/aromatic N) is 3. The van der Waals surface area contributed by atoms with Gasteiger partial charge >= 0.3 is 0 Å². The van der Waals surface area contributed by atoms with Gasteiger partial charge in [0.05, 0.1) is 19.3 Å². The number of aromatic nitrogens is 1. The Morgan fingerprint density at radius 2 is 1.89 bits per heavy atom. The Bertz CT molecular complexity index is 1230. The Morgan fingerprint density at radius 3 is 2.64 bits per heavy atom. The standard InChI is InChI=1S/C28H31N3O4S/c1-3-26(32)31-11-10-20-8-9-22(16-23(20)27(31)21-6-4-19(2)5-7-21)35-17-25-29-24(18-36-25)28(33)30-12-14-34-15-13-30/h4-9,16,18,27H,3,10-15,17H2,1-2H3. The van der Waals surface area contributed by atoms with Crippen LogP contribution in [-0.2, 0) is 22.6 Å². The number of fused-ring (bicyclic) bond motifs is 1. The second-order valence-corrected chi connectivity index (χ2v) is 10.1. The molecule has 3 aromatic rings. The van der Waals surface area contributed by atoms with E-state index < -0.39 is 0 Å². The Morgan fingerprint density at radius 1 is 1.11 bits per heavy atom. The Labute approximate surface area is 215 Å². The molecule has 5 rings (SSSR count). The smallest absolute Gasteiger partial charge is 0.273 e. The molecule has 2 aliphatic heterocycles. The van der Waals surface area contributed by atoms with E-state index in [0.29, 0.717) is 45.0 Å². The number of benzene rings is 2. The van der Waals surface area contributed by atoms with Crippen LogP contribution in [0.15, 0.2) is 47.8 Å². The van der Waals surface area contributed by atoms with Crippen molar-refractivity contribution in [3.8, 4) is 5.75 Å². The lowest BCUT2D eigenvalue weighted by molar-refractivity contribution is -0.132. The van der Waals surface area contributed by atoms with Gasteiger partial charge in [0.15, 0.2) is 0 Å². The van der Waals surface area contributed by atoms with Crippen LogP contribution in [-0.4, -0.2) is 59.4 Å². The fourth-order valence-electron chi connectivity index (χ4n) is 4.81. The molecule has 7 nitrogen and oxygen atoms in total. The molecule has 1 fully saturated rings. The second-order valence-electron chi connectivity index (χ2n) is 9.18. The predicted molar refractivity (Wildman–Crippen MR) is 138 cm³/mol. The summed E-state index contributed by atoms with van der Waals surface area (Å²) in [6.07, 6.45) is 1.30. The fraction of sp³-hybridized carbons (Fsp3) is 0.393. The number of rotatable bonds is 6. The maximum atomic E-state index is 12.8. The summed E-state index contributed by atoms with van der Waals surface area (Å²) in [5.41, 5.74) is 5.09. The van der Waals surface area contributed by atoms with Crippen LogP contribution in [0, 0.1) is 6.92 Å². The van der Waals surface area contributed by atoms with Gasteiger partial charge in [-0.3, -0.25) is 9.59 Å². The monoisotopic (exact) mass is 505 g/mol. The Kier molecular flexibility index (Phi) is 7.34. The number of hydrogen-bond donors (Lipinski definition) is 0. The summed E-state index contributed by atoms with van der Waals surface area (Å²) in [7, 11) is 0. The van der Waals surface area contributed by atoms with Crippen LogP contribution < -0.4 is 4.74 Å². The number of hydrogen-bond acceptors (Lipinski definition) is 6. The third kappa shape index (κ3) is 5.15. The molecule has 2 aromatic carbocycles. The van der Waals surface area contributed by atoms with Crippen molar-refractivity contribution in [1.29, 1.82) is 0 Å². The molecule has 0 aliphatic carbocycles. The van der Waals surface area contributed by atoms with Crippen molar-refractivity contribution >= 4 is 23.2 Å². The van der Waals surface area contributed by atoms with Crippen LogP contribution in [0.3, 0.4) is 0 Å². The van der Waals surface area contributed by atoms with Crippen molar-refractivity contribution in [2.24, 2.45) is 0 Å². The van der Waals surface area contributed by atoms with Crippen LogP contribution in [0.4, 0.5) is 0 Å². The highest BCUT2D eigenvalue weighted by Gasteiger charge is 2.31. The Hall–Kier alpha value is -3.23. The van der Waals surface area contributed by atoms with Crippen molar-refractivity contribution < 1.29 is 19.1 Å². The highest BCUT2D eigenvalue weighted by molar-refractivity contribution is 7.09. The van der Waals surface area contributed by atoms with Crippen molar-refractivity contribution in [2.45, 2.75) is 39.3 Å². The second kappa shape index (κ2) is 10.8. The van der Waals surface area contributed by atoms with Crippen LogP contribution in [0.1, 0.15) is 57.1 Å². The quantitative estimate of drug-likeness (QED) is 0.497. The zero-order valence-electron chi connectivity index (χ0n) is 20.7. The molecule has 1 saturated heterocycles. The lowest BCUT2D eigenvalue weighted by atomic mass is 9.87. The normalized spacial score (nSPS) is 17.6. The molecule has 2 aliphatic rings. The predicted octanol–water partition coefficient (Wildman–Crippen LogP) is 4.39. The van der Waals surface area contributed by atoms with Crippen molar-refractivity contribution in [3.05, 3.63) is 80.8 Å². The number of morpholine rings is 1. The van der Waals surface area contributed by atoms with E-state index in [4.69, 9.17) is 9.47 Å². The molecule has 1 unspecified atom stereocenters. The molecule has 2 amide bonds. The molecule has 3 heterocycles. The lowest BCUT2D eigenvalue weighted by Gasteiger charge is -2.38. The minimum Gasteiger partial charge on any atom is -0.486 e. The number of aryl methyl sites for hydroxylation is 1. The first kappa shape index (κ1) is 24.5. The molecule has 1 atom stereocenters. The summed E-state index contributed by atoms with van der Waals surface area (Å²) in [5, 5.41) is 2.55. The molecule has 8 heteroatoms. The number of carbonyl (C=O) groups is 2. The molecule has 0 saturated carbocycles. The average Bonchev–Trinajstić information content (AvgIpc) is 3.40. The van der Waals surface area contributed by atoms with E-state index >= 15 is 0 Å². The molecule has 0 radical (unpaired) electrons. The van der Waals surface area contributed by atoms with Crippen LogP contribution in [0.25, 0.3) is 0 Å². The number of thiazole rings is 1. The van der Waals surface area contributed by atoms with Crippen molar-refractivity contribution in [1.82, 2.24) is 14.8 Å². The maximum absolute atomic E-state index is 12.8. The Balaban J connectivity index is 1.34. The molecule has 1 aromatic heterocycles. The van der Waals surface area contributed by atoms with E-state index in [0.717, 1.165) is 28.3 Å². The van der Waals surface area contributed by atoms with Crippen LogP contribution in [0.2, 0.25) is 0 Å². The van der Waals surface area contributed by atoms with Gasteiger partial charge in [-0.25, -0.2) is 4.98 Å². The molecular formula is C28H31N3O4S. The SMILES string of the molecule is CCC(=O)N1CCc2ccc(OCc3nc(C(=O)N4CCOCC4)cs3)cc2C1c1ccc(C)cc1. The topological polar surface area (TPSA) is 72.0 Å². The molecular weight excluding hydrogens is 474 g/mol. The van der Waals surface area contributed by atoms with E-state index in [1.165, 1.54) is 22.5 Å². The summed E-state index contributed by atoms with van der Waals surface area (Å²) < 4.78 is 11.5. The van der Waals surface area contributed by atoms with Crippen molar-refractivity contribution in [3.63, 3.8) is 0 Å². The molecule has 0 bridgehead atoms. The minimum atomic E-state index is -0.136. The van der Waals surface area contributed by atoms with Gasteiger partial charge in [-0.05, 0) is 42.2 Å². The van der Waals surface area contributed by atoms with Gasteiger partial charge in [0.2, 0.25) is 5.91 Å². The van der Waals surface area contributed by atoms with Gasteiger partial charge < -0.3 is 19.3 Å². The number of amides is 2. The van der Waals surface area contributed by atoms with E-state index in [-0.39, 0.29) is 24.5 Å². The minimum absolute atomic E-state index is 0.0591. The van der Waals surface area contributed by atoms with Crippen LogP contribution >= 0.6 is 11.3 Å². The average molecular weight is 506 g/mol. The zero-order valence-corrected chi connectivity index (χ0v) is 21.6. The third-order valence-electron chi connectivity index (χ3n) is 6.79. The summed E-state index contributed by atoms with van der Waals surface area (Å²) in [6, 6.07) is 14.4. The molecule has 0 spiro atoms. The summed E-state index contributed by atoms with van der Waals surface area (Å²) in [6.45, 7) is 7.29. The molecule has 36 heavy (non-hydrogen) atoms. The number of carbonyl (C=O) groups excluding carboxylic acids is 2. The zero-order chi connectivity index (χ0) is 25.1. The lowest BCUT2D eigenvalue weighted by Crippen LogP contribution is -2.40. The van der Waals surface area contributed by atoms with E-state index in [1.54, 1.807) is 10.3 Å².